The minimum absolute atomic E-state index is 0.132. The molecule has 0 bridgehead atoms. The molecule has 0 unspecified atom stereocenters. The largest absolute Gasteiger partial charge is 0.459 e. The van der Waals surface area contributed by atoms with E-state index in [1.807, 2.05) is 30.3 Å². The van der Waals surface area contributed by atoms with E-state index >= 15 is 0 Å². The third-order valence-corrected chi connectivity index (χ3v) is 2.75. The van der Waals surface area contributed by atoms with E-state index in [0.29, 0.717) is 0 Å². The predicted octanol–water partition coefficient (Wildman–Crippen LogP) is 2.55. The predicted molar refractivity (Wildman–Crippen MR) is 83.2 cm³/mol. The van der Waals surface area contributed by atoms with E-state index in [9.17, 15) is 9.59 Å². The summed E-state index contributed by atoms with van der Waals surface area (Å²) in [6, 6.07) is 8.46. The molecule has 0 aromatic heterocycles. The van der Waals surface area contributed by atoms with Gasteiger partial charge in [0.25, 0.3) is 0 Å². The molecule has 116 valence electrons. The van der Waals surface area contributed by atoms with Gasteiger partial charge in [-0.2, -0.15) is 12.6 Å². The Morgan fingerprint density at radius 2 is 1.86 bits per heavy atom. The van der Waals surface area contributed by atoms with E-state index < -0.39 is 23.7 Å². The monoisotopic (exact) mass is 311 g/mol. The first-order chi connectivity index (χ1) is 9.81. The summed E-state index contributed by atoms with van der Waals surface area (Å²) in [5.74, 6) is -0.410. The Hall–Kier alpha value is -1.69. The minimum Gasteiger partial charge on any atom is -0.459 e. The first-order valence-corrected chi connectivity index (χ1v) is 7.26. The Labute approximate surface area is 130 Å². The summed E-state index contributed by atoms with van der Waals surface area (Å²) in [5.41, 5.74) is 0.250. The van der Waals surface area contributed by atoms with Crippen molar-refractivity contribution < 1.29 is 19.1 Å². The third-order valence-electron chi connectivity index (χ3n) is 2.38. The summed E-state index contributed by atoms with van der Waals surface area (Å²) in [5, 5.41) is 2.45. The van der Waals surface area contributed by atoms with E-state index in [2.05, 4.69) is 17.9 Å². The fourth-order valence-electron chi connectivity index (χ4n) is 1.46. The molecule has 6 heteroatoms. The van der Waals surface area contributed by atoms with Crippen molar-refractivity contribution in [3.05, 3.63) is 35.9 Å². The number of hydrogen-bond acceptors (Lipinski definition) is 5. The molecule has 0 aliphatic rings. The first-order valence-electron chi connectivity index (χ1n) is 6.63. The van der Waals surface area contributed by atoms with Crippen molar-refractivity contribution >= 4 is 24.7 Å². The van der Waals surface area contributed by atoms with Gasteiger partial charge < -0.3 is 14.8 Å². The smallest absolute Gasteiger partial charge is 0.408 e. The minimum atomic E-state index is -0.841. The molecule has 1 N–H and O–H groups in total. The molecule has 0 spiro atoms. The average molecular weight is 311 g/mol. The maximum atomic E-state index is 11.9. The van der Waals surface area contributed by atoms with Crippen molar-refractivity contribution in [3.63, 3.8) is 0 Å². The zero-order chi connectivity index (χ0) is 15.9. The SMILES string of the molecule is CC(C)(C)OC(=O)N[C@@H](CS)C(=O)OCc1ccccc1. The Morgan fingerprint density at radius 1 is 1.24 bits per heavy atom. The van der Waals surface area contributed by atoms with Gasteiger partial charge in [-0.15, -0.1) is 0 Å². The molecule has 1 aromatic carbocycles. The van der Waals surface area contributed by atoms with Crippen LogP contribution >= 0.6 is 12.6 Å². The zero-order valence-electron chi connectivity index (χ0n) is 12.5. The number of nitrogens with one attached hydrogen (secondary N) is 1. The van der Waals surface area contributed by atoms with Crippen LogP contribution in [-0.2, 0) is 20.9 Å². The fourth-order valence-corrected chi connectivity index (χ4v) is 1.70. The fraction of sp³-hybridized carbons (Fsp3) is 0.467. The van der Waals surface area contributed by atoms with E-state index in [1.54, 1.807) is 20.8 Å². The molecule has 1 rings (SSSR count). The van der Waals surface area contributed by atoms with Gasteiger partial charge in [-0.25, -0.2) is 9.59 Å². The van der Waals surface area contributed by atoms with Crippen LogP contribution in [0.1, 0.15) is 26.3 Å². The van der Waals surface area contributed by atoms with Gasteiger partial charge in [0.1, 0.15) is 18.2 Å². The number of hydrogen-bond donors (Lipinski definition) is 2. The van der Waals surface area contributed by atoms with Crippen LogP contribution in [0.25, 0.3) is 0 Å². The molecular weight excluding hydrogens is 290 g/mol. The Morgan fingerprint density at radius 3 is 2.38 bits per heavy atom. The zero-order valence-corrected chi connectivity index (χ0v) is 13.4. The summed E-state index contributed by atoms with van der Waals surface area (Å²) in [6.45, 7) is 5.39. The van der Waals surface area contributed by atoms with E-state index in [1.165, 1.54) is 0 Å². The summed E-state index contributed by atoms with van der Waals surface area (Å²) in [6.07, 6.45) is -0.668. The molecule has 0 saturated heterocycles. The number of thiol groups is 1. The van der Waals surface area contributed by atoms with Gasteiger partial charge in [-0.1, -0.05) is 30.3 Å². The lowest BCUT2D eigenvalue weighted by Crippen LogP contribution is -2.45. The van der Waals surface area contributed by atoms with Crippen LogP contribution in [0.2, 0.25) is 0 Å². The molecule has 0 saturated carbocycles. The Kier molecular flexibility index (Phi) is 6.55. The molecule has 1 amide bonds. The topological polar surface area (TPSA) is 64.6 Å². The number of carbonyl (C=O) groups excluding carboxylic acids is 2. The molecule has 0 aliphatic heterocycles. The quantitative estimate of drug-likeness (QED) is 0.648. The average Bonchev–Trinajstić information content (AvgIpc) is 2.41. The van der Waals surface area contributed by atoms with Gasteiger partial charge in [0, 0.05) is 5.75 Å². The van der Waals surface area contributed by atoms with Crippen molar-refractivity contribution in [2.75, 3.05) is 5.75 Å². The molecule has 0 radical (unpaired) electrons. The van der Waals surface area contributed by atoms with Crippen molar-refractivity contribution in [1.29, 1.82) is 0 Å². The van der Waals surface area contributed by atoms with Crippen LogP contribution in [0.15, 0.2) is 30.3 Å². The standard InChI is InChI=1S/C15H21NO4S/c1-15(2,3)20-14(18)16-12(10-21)13(17)19-9-11-7-5-4-6-8-11/h4-8,12,21H,9-10H2,1-3H3,(H,16,18)/t12-/m0/s1. The first kappa shape index (κ1) is 17.4. The highest BCUT2D eigenvalue weighted by molar-refractivity contribution is 7.80. The van der Waals surface area contributed by atoms with E-state index in [-0.39, 0.29) is 12.4 Å². The number of amides is 1. The molecule has 1 aromatic rings. The number of esters is 1. The second-order valence-electron chi connectivity index (χ2n) is 5.47. The van der Waals surface area contributed by atoms with Gasteiger partial charge in [0.2, 0.25) is 0 Å². The second kappa shape index (κ2) is 7.93. The summed E-state index contributed by atoms with van der Waals surface area (Å²) in [4.78, 5) is 23.5. The number of ether oxygens (including phenoxy) is 2. The van der Waals surface area contributed by atoms with Crippen LogP contribution in [0.3, 0.4) is 0 Å². The van der Waals surface area contributed by atoms with E-state index in [0.717, 1.165) is 5.56 Å². The van der Waals surface area contributed by atoms with Crippen LogP contribution in [0.5, 0.6) is 0 Å². The molecule has 0 fully saturated rings. The van der Waals surface area contributed by atoms with Crippen LogP contribution in [0, 0.1) is 0 Å². The highest BCUT2D eigenvalue weighted by Crippen LogP contribution is 2.08. The third kappa shape index (κ3) is 7.04. The van der Waals surface area contributed by atoms with Crippen LogP contribution in [-0.4, -0.2) is 29.5 Å². The molecule has 21 heavy (non-hydrogen) atoms. The lowest BCUT2D eigenvalue weighted by molar-refractivity contribution is -0.146. The van der Waals surface area contributed by atoms with Gasteiger partial charge in [0.15, 0.2) is 0 Å². The summed E-state index contributed by atoms with van der Waals surface area (Å²) < 4.78 is 10.2. The molecule has 1 atom stereocenters. The van der Waals surface area contributed by atoms with Crippen LogP contribution in [0.4, 0.5) is 4.79 Å². The molecule has 5 nitrogen and oxygen atoms in total. The van der Waals surface area contributed by atoms with Gasteiger partial charge in [-0.05, 0) is 26.3 Å². The van der Waals surface area contributed by atoms with E-state index in [4.69, 9.17) is 9.47 Å². The normalized spacial score (nSPS) is 12.4. The lowest BCUT2D eigenvalue weighted by Gasteiger charge is -2.22. The van der Waals surface area contributed by atoms with Crippen molar-refractivity contribution in [1.82, 2.24) is 5.32 Å². The van der Waals surface area contributed by atoms with Crippen LogP contribution < -0.4 is 5.32 Å². The summed E-state index contributed by atoms with van der Waals surface area (Å²) >= 11 is 4.05. The van der Waals surface area contributed by atoms with Crippen molar-refractivity contribution in [2.24, 2.45) is 0 Å². The Balaban J connectivity index is 2.48. The maximum Gasteiger partial charge on any atom is 0.408 e. The second-order valence-corrected chi connectivity index (χ2v) is 5.84. The molecular formula is C15H21NO4S. The van der Waals surface area contributed by atoms with Gasteiger partial charge in [0.05, 0.1) is 0 Å². The Bertz CT molecular complexity index is 470. The number of alkyl carbamates (subject to hydrolysis) is 1. The highest BCUT2D eigenvalue weighted by atomic mass is 32.1. The maximum absolute atomic E-state index is 11.9. The van der Waals surface area contributed by atoms with Crippen molar-refractivity contribution in [3.8, 4) is 0 Å². The number of benzene rings is 1. The number of rotatable bonds is 5. The highest BCUT2D eigenvalue weighted by Gasteiger charge is 2.24. The van der Waals surface area contributed by atoms with Crippen molar-refractivity contribution in [2.45, 2.75) is 39.0 Å². The summed E-state index contributed by atoms with van der Waals surface area (Å²) in [7, 11) is 0. The molecule has 0 aliphatic carbocycles. The number of carbonyl (C=O) groups is 2. The van der Waals surface area contributed by atoms with Gasteiger partial charge >= 0.3 is 12.1 Å². The molecule has 0 heterocycles. The lowest BCUT2D eigenvalue weighted by atomic mass is 10.2. The van der Waals surface area contributed by atoms with Gasteiger partial charge in [-0.3, -0.25) is 0 Å².